The van der Waals surface area contributed by atoms with Gasteiger partial charge in [-0.2, -0.15) is 13.2 Å². The largest absolute Gasteiger partial charge is 0.493 e. The van der Waals surface area contributed by atoms with Crippen molar-refractivity contribution in [3.63, 3.8) is 0 Å². The van der Waals surface area contributed by atoms with Crippen LogP contribution in [0.4, 0.5) is 18.9 Å². The third-order valence-electron chi connectivity index (χ3n) is 3.37. The number of fused-ring (bicyclic) bond motifs is 1. The molecule has 3 aromatic rings. The second-order valence-corrected chi connectivity index (χ2v) is 4.66. The summed E-state index contributed by atoms with van der Waals surface area (Å²) in [6, 6.07) is 10.9. The molecular formula is C15H9F3N2O2. The lowest BCUT2D eigenvalue weighted by Gasteiger charge is -2.10. The number of alkyl halides is 3. The number of hydrogen-bond acceptors (Lipinski definition) is 3. The number of halogens is 3. The molecule has 22 heavy (non-hydrogen) atoms. The zero-order valence-electron chi connectivity index (χ0n) is 11.0. The first-order valence-electron chi connectivity index (χ1n) is 6.27. The van der Waals surface area contributed by atoms with Gasteiger partial charge in [0, 0.05) is 11.1 Å². The van der Waals surface area contributed by atoms with Gasteiger partial charge in [0.15, 0.2) is 5.69 Å². The highest BCUT2D eigenvalue weighted by Crippen LogP contribution is 2.40. The third kappa shape index (κ3) is 2.11. The number of aromatic hydroxyl groups is 1. The minimum Gasteiger partial charge on any atom is -0.493 e. The molecule has 0 fully saturated rings. The van der Waals surface area contributed by atoms with Crippen LogP contribution >= 0.6 is 0 Å². The summed E-state index contributed by atoms with van der Waals surface area (Å²) in [4.78, 5) is 10.9. The molecule has 0 atom stereocenters. The summed E-state index contributed by atoms with van der Waals surface area (Å²) in [5, 5.41) is 13.4. The summed E-state index contributed by atoms with van der Waals surface area (Å²) in [6.45, 7) is 0. The molecule has 7 heteroatoms. The molecule has 0 aliphatic heterocycles. The molecule has 0 bridgehead atoms. The van der Waals surface area contributed by atoms with Gasteiger partial charge < -0.3 is 5.11 Å². The summed E-state index contributed by atoms with van der Waals surface area (Å²) in [7, 11) is 0. The van der Waals surface area contributed by atoms with Crippen molar-refractivity contribution >= 4 is 16.6 Å². The second-order valence-electron chi connectivity index (χ2n) is 4.66. The molecule has 3 rings (SSSR count). The molecule has 4 nitrogen and oxygen atoms in total. The van der Waals surface area contributed by atoms with E-state index in [-0.39, 0.29) is 5.69 Å². The van der Waals surface area contributed by atoms with E-state index in [0.29, 0.717) is 16.6 Å². The maximum absolute atomic E-state index is 12.6. The van der Waals surface area contributed by atoms with Crippen LogP contribution in [0.1, 0.15) is 5.56 Å². The number of nitrogens with zero attached hydrogens (tertiary/aromatic N) is 2. The topological polar surface area (TPSA) is 54.6 Å². The molecule has 0 amide bonds. The van der Waals surface area contributed by atoms with Crippen LogP contribution in [0.2, 0.25) is 0 Å². The fraction of sp³-hybridized carbons (Fsp3) is 0.0667. The van der Waals surface area contributed by atoms with Gasteiger partial charge in [0.2, 0.25) is 5.88 Å². The standard InChI is InChI=1S/C15H9F3N2O2/c16-15(17,18)9-5-7-10(8-6-9)20-12-4-2-1-3-11(12)13(19-22)14(20)21/h1-8,21H. The Hall–Kier alpha value is -2.83. The molecule has 0 spiro atoms. The van der Waals surface area contributed by atoms with Crippen LogP contribution in [0.25, 0.3) is 16.6 Å². The van der Waals surface area contributed by atoms with Gasteiger partial charge in [-0.1, -0.05) is 18.2 Å². The molecule has 1 N–H and O–H groups in total. The Kier molecular flexibility index (Phi) is 3.13. The highest BCUT2D eigenvalue weighted by Gasteiger charge is 2.30. The van der Waals surface area contributed by atoms with Crippen molar-refractivity contribution in [3.8, 4) is 11.6 Å². The second kappa shape index (κ2) is 4.87. The van der Waals surface area contributed by atoms with Crippen molar-refractivity contribution in [1.29, 1.82) is 0 Å². The summed E-state index contributed by atoms with van der Waals surface area (Å²) in [6.07, 6.45) is -4.44. The normalized spacial score (nSPS) is 11.8. The molecule has 0 saturated heterocycles. The van der Waals surface area contributed by atoms with E-state index in [0.717, 1.165) is 12.1 Å². The Labute approximate surface area is 122 Å². The molecular weight excluding hydrogens is 297 g/mol. The average molecular weight is 306 g/mol. The van der Waals surface area contributed by atoms with Crippen molar-refractivity contribution in [2.75, 3.05) is 0 Å². The number of rotatable bonds is 2. The molecule has 0 radical (unpaired) electrons. The minimum atomic E-state index is -4.44. The van der Waals surface area contributed by atoms with Crippen LogP contribution < -0.4 is 0 Å². The minimum absolute atomic E-state index is 0.143. The maximum Gasteiger partial charge on any atom is 0.416 e. The Morgan fingerprint density at radius 1 is 1.00 bits per heavy atom. The van der Waals surface area contributed by atoms with Gasteiger partial charge >= 0.3 is 6.18 Å². The van der Waals surface area contributed by atoms with E-state index >= 15 is 0 Å². The Bertz CT molecular complexity index is 852. The Balaban J connectivity index is 2.22. The van der Waals surface area contributed by atoms with Crippen LogP contribution in [-0.2, 0) is 6.18 Å². The van der Waals surface area contributed by atoms with E-state index in [1.54, 1.807) is 24.3 Å². The molecule has 112 valence electrons. The lowest BCUT2D eigenvalue weighted by atomic mass is 10.2. The average Bonchev–Trinajstić information content (AvgIpc) is 2.78. The van der Waals surface area contributed by atoms with E-state index in [1.807, 2.05) is 0 Å². The van der Waals surface area contributed by atoms with Gasteiger partial charge in [0.1, 0.15) is 0 Å². The lowest BCUT2D eigenvalue weighted by molar-refractivity contribution is -0.137. The van der Waals surface area contributed by atoms with E-state index in [1.165, 1.54) is 16.7 Å². The number of benzene rings is 2. The van der Waals surface area contributed by atoms with Crippen molar-refractivity contribution in [3.05, 3.63) is 59.0 Å². The Morgan fingerprint density at radius 3 is 2.23 bits per heavy atom. The summed E-state index contributed by atoms with van der Waals surface area (Å²) >= 11 is 0. The maximum atomic E-state index is 12.6. The lowest BCUT2D eigenvalue weighted by Crippen LogP contribution is -2.04. The van der Waals surface area contributed by atoms with Crippen LogP contribution in [0, 0.1) is 4.91 Å². The van der Waals surface area contributed by atoms with E-state index in [4.69, 9.17) is 0 Å². The summed E-state index contributed by atoms with van der Waals surface area (Å²) in [5.41, 5.74) is -0.151. The molecule has 0 saturated carbocycles. The smallest absolute Gasteiger partial charge is 0.416 e. The fourth-order valence-electron chi connectivity index (χ4n) is 2.36. The number of hydrogen-bond donors (Lipinski definition) is 1. The number of aromatic nitrogens is 1. The van der Waals surface area contributed by atoms with Gasteiger partial charge in [-0.25, -0.2) is 0 Å². The predicted molar refractivity (Wildman–Crippen MR) is 75.4 cm³/mol. The first-order chi connectivity index (χ1) is 10.4. The van der Waals surface area contributed by atoms with Gasteiger partial charge in [0.25, 0.3) is 0 Å². The third-order valence-corrected chi connectivity index (χ3v) is 3.37. The van der Waals surface area contributed by atoms with Crippen molar-refractivity contribution in [2.24, 2.45) is 5.18 Å². The van der Waals surface area contributed by atoms with E-state index in [2.05, 4.69) is 5.18 Å². The van der Waals surface area contributed by atoms with E-state index < -0.39 is 17.6 Å². The highest BCUT2D eigenvalue weighted by molar-refractivity contribution is 5.96. The number of para-hydroxylation sites is 1. The van der Waals surface area contributed by atoms with Crippen molar-refractivity contribution in [1.82, 2.24) is 4.57 Å². The summed E-state index contributed by atoms with van der Waals surface area (Å²) < 4.78 is 39.1. The highest BCUT2D eigenvalue weighted by atomic mass is 19.4. The molecule has 0 unspecified atom stereocenters. The van der Waals surface area contributed by atoms with Crippen LogP contribution in [0.3, 0.4) is 0 Å². The number of nitroso groups, excluding NO2 is 1. The monoisotopic (exact) mass is 306 g/mol. The molecule has 0 aliphatic carbocycles. The van der Waals surface area contributed by atoms with Crippen LogP contribution in [-0.4, -0.2) is 9.67 Å². The molecule has 2 aromatic carbocycles. The van der Waals surface area contributed by atoms with Gasteiger partial charge in [0.05, 0.1) is 11.1 Å². The fourth-order valence-corrected chi connectivity index (χ4v) is 2.36. The molecule has 1 heterocycles. The van der Waals surface area contributed by atoms with Crippen molar-refractivity contribution < 1.29 is 18.3 Å². The summed E-state index contributed by atoms with van der Waals surface area (Å²) in [5.74, 6) is -0.407. The zero-order chi connectivity index (χ0) is 15.9. The zero-order valence-corrected chi connectivity index (χ0v) is 11.0. The Morgan fingerprint density at radius 2 is 1.64 bits per heavy atom. The van der Waals surface area contributed by atoms with E-state index in [9.17, 15) is 23.2 Å². The molecule has 0 aliphatic rings. The molecule has 1 aromatic heterocycles. The van der Waals surface area contributed by atoms with Crippen LogP contribution in [0.5, 0.6) is 5.88 Å². The first kappa shape index (κ1) is 14.1. The SMILES string of the molecule is O=Nc1c(O)n(-c2ccc(C(F)(F)F)cc2)c2ccccc12. The van der Waals surface area contributed by atoms with Crippen molar-refractivity contribution in [2.45, 2.75) is 6.18 Å². The van der Waals surface area contributed by atoms with Gasteiger partial charge in [-0.15, -0.1) is 4.91 Å². The predicted octanol–water partition coefficient (Wildman–Crippen LogP) is 4.75. The quantitative estimate of drug-likeness (QED) is 0.694. The first-order valence-corrected chi connectivity index (χ1v) is 6.27. The van der Waals surface area contributed by atoms with Crippen LogP contribution in [0.15, 0.2) is 53.7 Å². The van der Waals surface area contributed by atoms with Gasteiger partial charge in [-0.05, 0) is 35.5 Å². The van der Waals surface area contributed by atoms with Gasteiger partial charge in [-0.3, -0.25) is 4.57 Å².